The van der Waals surface area contributed by atoms with Gasteiger partial charge in [-0.3, -0.25) is 28.8 Å². The first-order chi connectivity index (χ1) is 42.0. The first-order valence-corrected chi connectivity index (χ1v) is 25.8. The molecule has 0 heterocycles. The van der Waals surface area contributed by atoms with Crippen molar-refractivity contribution in [3.63, 3.8) is 0 Å². The highest BCUT2D eigenvalue weighted by atomic mass is 19.4. The molecule has 474 valence electrons. The van der Waals surface area contributed by atoms with E-state index < -0.39 is 212 Å². The van der Waals surface area contributed by atoms with Crippen LogP contribution >= 0.6 is 0 Å². The van der Waals surface area contributed by atoms with Gasteiger partial charge in [-0.25, -0.2) is 0 Å². The highest BCUT2D eigenvalue weighted by molar-refractivity contribution is 5.99. The molecule has 0 atom stereocenters. The summed E-state index contributed by atoms with van der Waals surface area (Å²) in [6.07, 6.45) is -31.7. The van der Waals surface area contributed by atoms with Crippen LogP contribution < -0.4 is 31.9 Å². The van der Waals surface area contributed by atoms with Crippen molar-refractivity contribution >= 4 is 35.4 Å². The van der Waals surface area contributed by atoms with Crippen LogP contribution in [0.2, 0.25) is 0 Å². The van der Waals surface area contributed by atoms with Crippen molar-refractivity contribution < 1.29 is 108 Å². The molecular weight excluding hydrogens is 1240 g/mol. The number of alkyl halides is 18. The predicted molar refractivity (Wildman–Crippen MR) is 282 cm³/mol. The summed E-state index contributed by atoms with van der Waals surface area (Å²) in [4.78, 5) is 84.6. The van der Waals surface area contributed by atoms with Gasteiger partial charge in [-0.05, 0) is 106 Å². The fourth-order valence-electron chi connectivity index (χ4n) is 9.53. The van der Waals surface area contributed by atoms with Gasteiger partial charge in [-0.15, -0.1) is 0 Å². The first kappa shape index (κ1) is 67.6. The summed E-state index contributed by atoms with van der Waals surface area (Å²) in [6.45, 7) is -7.74. The number of hydrogen-bond donors (Lipinski definition) is 6. The van der Waals surface area contributed by atoms with E-state index in [1.54, 1.807) is 0 Å². The predicted octanol–water partition coefficient (Wildman–Crippen LogP) is 13.4. The summed E-state index contributed by atoms with van der Waals surface area (Å²) >= 11 is 0. The molecule has 0 aromatic heterocycles. The zero-order valence-corrected chi connectivity index (χ0v) is 45.4. The number of amides is 6. The molecule has 0 fully saturated rings. The largest absolute Gasteiger partial charge is 0.417 e. The lowest BCUT2D eigenvalue weighted by Gasteiger charge is -2.29. The molecule has 0 radical (unpaired) electrons. The molecule has 7 aromatic rings. The van der Waals surface area contributed by atoms with Crippen LogP contribution in [0, 0.1) is 0 Å². The van der Waals surface area contributed by atoms with E-state index in [0.717, 1.165) is 72.8 Å². The second kappa shape index (κ2) is 26.8. The van der Waals surface area contributed by atoms with Crippen LogP contribution in [0.1, 0.15) is 129 Å². The Morgan fingerprint density at radius 1 is 0.211 bits per heavy atom. The van der Waals surface area contributed by atoms with Crippen LogP contribution in [0.5, 0.6) is 0 Å². The maximum Gasteiger partial charge on any atom is 0.417 e. The zero-order chi connectivity index (χ0) is 66.3. The Morgan fingerprint density at radius 2 is 0.322 bits per heavy atom. The number of halogens is 18. The third-order valence-corrected chi connectivity index (χ3v) is 13.6. The van der Waals surface area contributed by atoms with E-state index in [-0.39, 0.29) is 0 Å². The van der Waals surface area contributed by atoms with E-state index in [4.69, 9.17) is 0 Å². The average Bonchev–Trinajstić information content (AvgIpc) is 0.770. The first-order valence-electron chi connectivity index (χ1n) is 25.8. The fourth-order valence-corrected chi connectivity index (χ4v) is 9.53. The van der Waals surface area contributed by atoms with Crippen molar-refractivity contribution in [1.29, 1.82) is 0 Å². The van der Waals surface area contributed by atoms with Crippen LogP contribution in [0.4, 0.5) is 79.0 Å². The van der Waals surface area contributed by atoms with Gasteiger partial charge in [0.2, 0.25) is 0 Å². The molecule has 12 nitrogen and oxygen atoms in total. The third-order valence-electron chi connectivity index (χ3n) is 13.6. The van der Waals surface area contributed by atoms with E-state index in [1.807, 2.05) is 0 Å². The Bertz CT molecular complexity index is 3210. The molecule has 0 saturated heterocycles. The van der Waals surface area contributed by atoms with Crippen LogP contribution in [0.15, 0.2) is 146 Å². The Balaban J connectivity index is 1.58. The number of hydrogen-bond acceptors (Lipinski definition) is 6. The average molecular weight is 1280 g/mol. The molecule has 0 spiro atoms. The van der Waals surface area contributed by atoms with Crippen molar-refractivity contribution in [2.75, 3.05) is 0 Å². The zero-order valence-electron chi connectivity index (χ0n) is 45.4. The van der Waals surface area contributed by atoms with Crippen LogP contribution in [0.25, 0.3) is 0 Å². The van der Waals surface area contributed by atoms with Crippen molar-refractivity contribution in [3.8, 4) is 0 Å². The Morgan fingerprint density at radius 3 is 0.433 bits per heavy atom. The maximum atomic E-state index is 14.5. The molecule has 0 saturated carbocycles. The molecule has 0 aliphatic rings. The Labute approximate surface area is 496 Å². The van der Waals surface area contributed by atoms with Gasteiger partial charge >= 0.3 is 37.1 Å². The normalized spacial score (nSPS) is 12.2. The van der Waals surface area contributed by atoms with E-state index in [9.17, 15) is 108 Å². The van der Waals surface area contributed by atoms with E-state index in [2.05, 4.69) is 31.9 Å². The van der Waals surface area contributed by atoms with Crippen LogP contribution in [-0.4, -0.2) is 35.4 Å². The summed E-state index contributed by atoms with van der Waals surface area (Å²) in [6, 6.07) is 17.8. The van der Waals surface area contributed by atoms with E-state index >= 15 is 0 Å². The summed E-state index contributed by atoms with van der Waals surface area (Å²) < 4.78 is 260. The van der Waals surface area contributed by atoms with Crippen molar-refractivity contribution in [2.24, 2.45) is 0 Å². The molecule has 6 amide bonds. The lowest BCUT2D eigenvalue weighted by atomic mass is 9.85. The number of nitrogens with one attached hydrogen (secondary N) is 6. The second-order valence-corrected chi connectivity index (χ2v) is 19.2. The number of rotatable bonds is 18. The molecule has 90 heavy (non-hydrogen) atoms. The number of carbonyl (C=O) groups is 6. The standard InChI is InChI=1S/C60H42F18N6O6/c61-55(62,63)43-19-7-1-13-31(43)49(85)79-25-37-38(26-80-50(86)32-14-2-8-20-44(32)56(64,65)66)40(28-82-52(88)34-16-4-10-22-46(34)58(70,71)72)42(30-84-54(90)36-18-6-12-24-48(36)60(76,77)78)41(29-83-53(89)35-17-5-11-23-47(35)59(73,74)75)39(37)27-81-51(87)33-15-3-9-21-45(33)57(67,68)69/h1-24H,25-30H2,(H,79,85)(H,80,86)(H,81,87)(H,82,88)(H,83,89)(H,84,90). The highest BCUT2D eigenvalue weighted by Crippen LogP contribution is 2.39. The van der Waals surface area contributed by atoms with E-state index in [0.29, 0.717) is 72.8 Å². The second-order valence-electron chi connectivity index (χ2n) is 19.2. The molecule has 0 bridgehead atoms. The smallest absolute Gasteiger partial charge is 0.348 e. The monoisotopic (exact) mass is 1280 g/mol. The Hall–Kier alpha value is -9.90. The maximum absolute atomic E-state index is 14.5. The van der Waals surface area contributed by atoms with Gasteiger partial charge < -0.3 is 31.9 Å². The molecule has 30 heteroatoms. The van der Waals surface area contributed by atoms with Gasteiger partial charge in [0, 0.05) is 39.3 Å². The number of carbonyl (C=O) groups excluding carboxylic acids is 6. The van der Waals surface area contributed by atoms with Gasteiger partial charge in [0.05, 0.1) is 66.8 Å². The minimum Gasteiger partial charge on any atom is -0.348 e. The summed E-state index contributed by atoms with van der Waals surface area (Å²) in [7, 11) is 0. The molecule has 0 aliphatic heterocycles. The van der Waals surface area contributed by atoms with Gasteiger partial charge in [-0.2, -0.15) is 79.0 Å². The Kier molecular flexibility index (Phi) is 20.2. The lowest BCUT2D eigenvalue weighted by molar-refractivity contribution is -0.138. The molecular formula is C60H42F18N6O6. The molecule has 7 aromatic carbocycles. The topological polar surface area (TPSA) is 175 Å². The molecule has 6 N–H and O–H groups in total. The molecule has 0 unspecified atom stereocenters. The fraction of sp³-hybridized carbons (Fsp3) is 0.200. The molecule has 7 rings (SSSR count). The lowest BCUT2D eigenvalue weighted by Crippen LogP contribution is -2.36. The number of benzene rings is 7. The minimum absolute atomic E-state index is 0.458. The minimum atomic E-state index is -5.28. The van der Waals surface area contributed by atoms with Gasteiger partial charge in [0.1, 0.15) is 0 Å². The molecule has 0 aliphatic carbocycles. The van der Waals surface area contributed by atoms with Crippen LogP contribution in [0.3, 0.4) is 0 Å². The van der Waals surface area contributed by atoms with Crippen molar-refractivity contribution in [3.05, 3.63) is 246 Å². The summed E-state index contributed by atoms with van der Waals surface area (Å²) in [5, 5.41) is 12.8. The van der Waals surface area contributed by atoms with Crippen molar-refractivity contribution in [2.45, 2.75) is 76.3 Å². The SMILES string of the molecule is O=C(NCc1c(CNC(=O)c2ccccc2C(F)(F)F)c(CNC(=O)c2ccccc2C(F)(F)F)c(CNC(=O)c2ccccc2C(F)(F)F)c(CNC(=O)c2ccccc2C(F)(F)F)c1CNC(=O)c1ccccc1C(F)(F)F)c1ccccc1C(F)(F)F. The van der Waals surface area contributed by atoms with Crippen LogP contribution in [-0.2, 0) is 76.3 Å². The van der Waals surface area contributed by atoms with E-state index in [1.165, 1.54) is 0 Å². The van der Waals surface area contributed by atoms with Gasteiger partial charge in [0.25, 0.3) is 35.4 Å². The summed E-state index contributed by atoms with van der Waals surface area (Å²) in [5.74, 6) is -9.82. The quantitative estimate of drug-likeness (QED) is 0.0466. The summed E-state index contributed by atoms with van der Waals surface area (Å²) in [5.41, 5.74) is -20.6. The third kappa shape index (κ3) is 16.0. The van der Waals surface area contributed by atoms with Crippen molar-refractivity contribution in [1.82, 2.24) is 31.9 Å². The van der Waals surface area contributed by atoms with Gasteiger partial charge in [0.15, 0.2) is 0 Å². The highest BCUT2D eigenvalue weighted by Gasteiger charge is 2.41. The van der Waals surface area contributed by atoms with Gasteiger partial charge in [-0.1, -0.05) is 72.8 Å².